The van der Waals surface area contributed by atoms with Crippen molar-refractivity contribution in [2.75, 3.05) is 16.8 Å². The molecule has 1 aromatic carbocycles. The molecule has 1 saturated heterocycles. The van der Waals surface area contributed by atoms with E-state index >= 15 is 0 Å². The monoisotopic (exact) mass is 380 g/mol. The maximum Gasteiger partial charge on any atom is 0.240 e. The van der Waals surface area contributed by atoms with Crippen molar-refractivity contribution < 1.29 is 22.7 Å². The maximum absolute atomic E-state index is 12.6. The number of amides is 2. The molecular weight excluding hydrogens is 356 g/mol. The van der Waals surface area contributed by atoms with Crippen LogP contribution >= 0.6 is 0 Å². The van der Waals surface area contributed by atoms with E-state index in [-0.39, 0.29) is 29.4 Å². The molecule has 8 heteroatoms. The smallest absolute Gasteiger partial charge is 0.240 e. The van der Waals surface area contributed by atoms with Gasteiger partial charge in [-0.2, -0.15) is 0 Å². The number of carbonyl (C=O) groups excluding carboxylic acids is 2. The Hall–Kier alpha value is -2.09. The van der Waals surface area contributed by atoms with E-state index in [1.54, 1.807) is 24.3 Å². The standard InChI is InChI=1S/C18H24N2O5S/c1-12(2)25-15-5-3-13(4-6-15)19-16(21)18(8-9-18)17(22)20-14-7-10-26(23,24)11-14/h3-6,12,14H,7-11H2,1-2H3,(H,19,21)(H,20,22). The van der Waals surface area contributed by atoms with Gasteiger partial charge in [-0.3, -0.25) is 9.59 Å². The summed E-state index contributed by atoms with van der Waals surface area (Å²) < 4.78 is 28.6. The molecule has 2 fully saturated rings. The minimum atomic E-state index is -3.07. The summed E-state index contributed by atoms with van der Waals surface area (Å²) in [5.41, 5.74) is -0.493. The summed E-state index contributed by atoms with van der Waals surface area (Å²) in [4.78, 5) is 25.1. The maximum atomic E-state index is 12.6. The third-order valence-corrected chi connectivity index (χ3v) is 6.44. The number of nitrogens with one attached hydrogen (secondary N) is 2. The van der Waals surface area contributed by atoms with Crippen molar-refractivity contribution in [3.63, 3.8) is 0 Å². The summed E-state index contributed by atoms with van der Waals surface area (Å²) in [6, 6.07) is 6.59. The molecule has 0 aromatic heterocycles. The van der Waals surface area contributed by atoms with E-state index < -0.39 is 21.3 Å². The predicted molar refractivity (Wildman–Crippen MR) is 97.7 cm³/mol. The molecule has 1 heterocycles. The quantitative estimate of drug-likeness (QED) is 0.728. The van der Waals surface area contributed by atoms with E-state index in [2.05, 4.69) is 10.6 Å². The average Bonchev–Trinajstić information content (AvgIpc) is 3.29. The summed E-state index contributed by atoms with van der Waals surface area (Å²) in [5, 5.41) is 5.51. The van der Waals surface area contributed by atoms with Crippen LogP contribution in [0.3, 0.4) is 0 Å². The third-order valence-electron chi connectivity index (χ3n) is 4.67. The van der Waals surface area contributed by atoms with Crippen LogP contribution in [0.15, 0.2) is 24.3 Å². The Labute approximate surface area is 153 Å². The van der Waals surface area contributed by atoms with Crippen LogP contribution in [0.1, 0.15) is 33.1 Å². The first-order valence-corrected chi connectivity index (χ1v) is 10.6. The minimum absolute atomic E-state index is 0.0479. The van der Waals surface area contributed by atoms with Crippen molar-refractivity contribution in [1.82, 2.24) is 5.32 Å². The fourth-order valence-corrected chi connectivity index (χ4v) is 4.73. The van der Waals surface area contributed by atoms with Crippen LogP contribution in [-0.4, -0.2) is 43.9 Å². The summed E-state index contributed by atoms with van der Waals surface area (Å²) in [5.74, 6) is 0.0138. The molecule has 2 aliphatic rings. The van der Waals surface area contributed by atoms with Crippen molar-refractivity contribution in [3.8, 4) is 5.75 Å². The number of hydrogen-bond acceptors (Lipinski definition) is 5. The number of hydrogen-bond donors (Lipinski definition) is 2. The zero-order valence-electron chi connectivity index (χ0n) is 14.9. The Morgan fingerprint density at radius 3 is 2.31 bits per heavy atom. The van der Waals surface area contributed by atoms with E-state index in [4.69, 9.17) is 4.74 Å². The van der Waals surface area contributed by atoms with Gasteiger partial charge in [0.25, 0.3) is 0 Å². The summed E-state index contributed by atoms with van der Waals surface area (Å²) in [6.45, 7) is 3.86. The normalized spacial score (nSPS) is 22.7. The lowest BCUT2D eigenvalue weighted by Crippen LogP contribution is -2.45. The van der Waals surface area contributed by atoms with Gasteiger partial charge in [-0.05, 0) is 57.4 Å². The first-order chi connectivity index (χ1) is 12.2. The molecule has 1 saturated carbocycles. The van der Waals surface area contributed by atoms with E-state index in [1.165, 1.54) is 0 Å². The molecule has 1 aromatic rings. The van der Waals surface area contributed by atoms with Gasteiger partial charge in [0.15, 0.2) is 9.84 Å². The first kappa shape index (κ1) is 18.7. The van der Waals surface area contributed by atoms with Gasteiger partial charge >= 0.3 is 0 Å². The molecule has 1 unspecified atom stereocenters. The number of rotatable bonds is 6. The molecule has 142 valence electrons. The Morgan fingerprint density at radius 1 is 1.15 bits per heavy atom. The van der Waals surface area contributed by atoms with Crippen molar-refractivity contribution >= 4 is 27.3 Å². The number of carbonyl (C=O) groups is 2. The molecule has 1 aliphatic carbocycles. The highest BCUT2D eigenvalue weighted by Crippen LogP contribution is 2.47. The van der Waals surface area contributed by atoms with Gasteiger partial charge < -0.3 is 15.4 Å². The molecule has 0 bridgehead atoms. The second-order valence-electron chi connectivity index (χ2n) is 7.30. The van der Waals surface area contributed by atoms with Gasteiger partial charge in [-0.25, -0.2) is 8.42 Å². The highest BCUT2D eigenvalue weighted by atomic mass is 32.2. The lowest BCUT2D eigenvalue weighted by molar-refractivity contribution is -0.134. The minimum Gasteiger partial charge on any atom is -0.491 e. The largest absolute Gasteiger partial charge is 0.491 e. The van der Waals surface area contributed by atoms with Gasteiger partial charge in [-0.15, -0.1) is 0 Å². The summed E-state index contributed by atoms with van der Waals surface area (Å²) in [7, 11) is -3.07. The molecule has 7 nitrogen and oxygen atoms in total. The van der Waals surface area contributed by atoms with Crippen LogP contribution in [-0.2, 0) is 19.4 Å². The number of sulfone groups is 1. The molecular formula is C18H24N2O5S. The summed E-state index contributed by atoms with van der Waals surface area (Å²) in [6.07, 6.45) is 1.41. The molecule has 2 N–H and O–H groups in total. The summed E-state index contributed by atoms with van der Waals surface area (Å²) >= 11 is 0. The molecule has 1 aliphatic heterocycles. The van der Waals surface area contributed by atoms with Crippen molar-refractivity contribution in [1.29, 1.82) is 0 Å². The highest BCUT2D eigenvalue weighted by molar-refractivity contribution is 7.91. The van der Waals surface area contributed by atoms with Crippen LogP contribution in [0, 0.1) is 5.41 Å². The zero-order chi connectivity index (χ0) is 18.9. The Kier molecular flexibility index (Phi) is 4.96. The van der Waals surface area contributed by atoms with Gasteiger partial charge in [0.05, 0.1) is 17.6 Å². The lowest BCUT2D eigenvalue weighted by atomic mass is 10.0. The fraction of sp³-hybridized carbons (Fsp3) is 0.556. The number of anilines is 1. The second kappa shape index (κ2) is 6.90. The molecule has 1 atom stereocenters. The number of benzene rings is 1. The molecule has 0 radical (unpaired) electrons. The van der Waals surface area contributed by atoms with Crippen LogP contribution < -0.4 is 15.4 Å². The zero-order valence-corrected chi connectivity index (χ0v) is 15.8. The molecule has 0 spiro atoms. The fourth-order valence-electron chi connectivity index (χ4n) is 3.05. The van der Waals surface area contributed by atoms with E-state index in [0.29, 0.717) is 30.7 Å². The second-order valence-corrected chi connectivity index (χ2v) is 9.53. The Balaban J connectivity index is 1.59. The van der Waals surface area contributed by atoms with Crippen LogP contribution in [0.4, 0.5) is 5.69 Å². The highest BCUT2D eigenvalue weighted by Gasteiger charge is 2.57. The average molecular weight is 380 g/mol. The van der Waals surface area contributed by atoms with E-state index in [0.717, 1.165) is 0 Å². The van der Waals surface area contributed by atoms with Gasteiger partial charge in [-0.1, -0.05) is 0 Å². The predicted octanol–water partition coefficient (Wildman–Crippen LogP) is 1.50. The van der Waals surface area contributed by atoms with Gasteiger partial charge in [0.1, 0.15) is 11.2 Å². The molecule has 3 rings (SSSR count). The van der Waals surface area contributed by atoms with Gasteiger partial charge in [0, 0.05) is 11.7 Å². The van der Waals surface area contributed by atoms with Crippen LogP contribution in [0.25, 0.3) is 0 Å². The lowest BCUT2D eigenvalue weighted by Gasteiger charge is -2.18. The van der Waals surface area contributed by atoms with Gasteiger partial charge in [0.2, 0.25) is 11.8 Å². The van der Waals surface area contributed by atoms with Crippen molar-refractivity contribution in [2.45, 2.75) is 45.3 Å². The first-order valence-electron chi connectivity index (χ1n) is 8.80. The van der Waals surface area contributed by atoms with Crippen LogP contribution in [0.5, 0.6) is 5.75 Å². The van der Waals surface area contributed by atoms with Crippen molar-refractivity contribution in [3.05, 3.63) is 24.3 Å². The molecule has 2 amide bonds. The van der Waals surface area contributed by atoms with E-state index in [9.17, 15) is 18.0 Å². The SMILES string of the molecule is CC(C)Oc1ccc(NC(=O)C2(C(=O)NC3CCS(=O)(=O)C3)CC2)cc1. The van der Waals surface area contributed by atoms with Crippen molar-refractivity contribution in [2.24, 2.45) is 5.41 Å². The van der Waals surface area contributed by atoms with Crippen LogP contribution in [0.2, 0.25) is 0 Å². The van der Waals surface area contributed by atoms with E-state index in [1.807, 2.05) is 13.8 Å². The Morgan fingerprint density at radius 2 is 1.81 bits per heavy atom. The Bertz CT molecular complexity index is 797. The topological polar surface area (TPSA) is 102 Å². The molecule has 26 heavy (non-hydrogen) atoms. The number of ether oxygens (including phenoxy) is 1. The third kappa shape index (κ3) is 4.17.